The highest BCUT2D eigenvalue weighted by Gasteiger charge is 2.10. The van der Waals surface area contributed by atoms with Gasteiger partial charge in [0, 0.05) is 24.6 Å². The van der Waals surface area contributed by atoms with Gasteiger partial charge in [-0.05, 0) is 17.6 Å². The number of nitrogens with zero attached hydrogens (tertiary/aromatic N) is 4. The second kappa shape index (κ2) is 5.18. The maximum Gasteiger partial charge on any atom is 0.221 e. The highest BCUT2D eigenvalue weighted by Crippen LogP contribution is 2.22. The lowest BCUT2D eigenvalue weighted by molar-refractivity contribution is 0.612. The first kappa shape index (κ1) is 12.4. The Hall–Kier alpha value is -1.60. The first-order valence-electron chi connectivity index (χ1n) is 5.80. The van der Waals surface area contributed by atoms with E-state index in [4.69, 9.17) is 0 Å². The van der Waals surface area contributed by atoms with E-state index in [0.29, 0.717) is 11.7 Å². The van der Waals surface area contributed by atoms with Crippen LogP contribution in [0.15, 0.2) is 35.7 Å². The van der Waals surface area contributed by atoms with Gasteiger partial charge in [-0.3, -0.25) is 4.21 Å². The molecule has 0 amide bonds. The summed E-state index contributed by atoms with van der Waals surface area (Å²) in [6.07, 6.45) is 4.01. The Morgan fingerprint density at radius 1 is 1.37 bits per heavy atom. The number of benzene rings is 1. The summed E-state index contributed by atoms with van der Waals surface area (Å²) in [6.45, 7) is 0.690. The number of aryl methyl sites for hydroxylation is 2. The molecule has 3 aromatic rings. The molecule has 0 N–H and O–H groups in total. The zero-order chi connectivity index (χ0) is 13.2. The predicted octanol–water partition coefficient (Wildman–Crippen LogP) is 1.87. The lowest BCUT2D eigenvalue weighted by Crippen LogP contribution is -2.06. The lowest BCUT2D eigenvalue weighted by Gasteiger charge is -2.03. The SMILES string of the molecule is CS(=O)c1nncn1CCc1nsc2ccccc12. The first-order valence-corrected chi connectivity index (χ1v) is 8.13. The van der Waals surface area contributed by atoms with E-state index in [9.17, 15) is 4.21 Å². The summed E-state index contributed by atoms with van der Waals surface area (Å²) in [7, 11) is -1.11. The third-order valence-electron chi connectivity index (χ3n) is 2.88. The van der Waals surface area contributed by atoms with Crippen molar-refractivity contribution in [1.82, 2.24) is 19.1 Å². The summed E-state index contributed by atoms with van der Waals surface area (Å²) >= 11 is 1.51. The summed E-state index contributed by atoms with van der Waals surface area (Å²) in [5.41, 5.74) is 1.07. The van der Waals surface area contributed by atoms with Crippen LogP contribution in [0.1, 0.15) is 5.69 Å². The van der Waals surface area contributed by atoms with Crippen molar-refractivity contribution in [3.05, 3.63) is 36.3 Å². The minimum atomic E-state index is -1.11. The quantitative estimate of drug-likeness (QED) is 0.736. The van der Waals surface area contributed by atoms with Gasteiger partial charge in [0.1, 0.15) is 6.33 Å². The van der Waals surface area contributed by atoms with E-state index in [1.165, 1.54) is 21.6 Å². The largest absolute Gasteiger partial charge is 0.306 e. The summed E-state index contributed by atoms with van der Waals surface area (Å²) in [4.78, 5) is 0. The van der Waals surface area contributed by atoms with Gasteiger partial charge in [0.2, 0.25) is 5.16 Å². The van der Waals surface area contributed by atoms with Crippen LogP contribution in [0, 0.1) is 0 Å². The van der Waals surface area contributed by atoms with Crippen molar-refractivity contribution in [3.63, 3.8) is 0 Å². The molecule has 1 atom stereocenters. The van der Waals surface area contributed by atoms with Gasteiger partial charge >= 0.3 is 0 Å². The zero-order valence-corrected chi connectivity index (χ0v) is 11.9. The predicted molar refractivity (Wildman–Crippen MR) is 75.7 cm³/mol. The van der Waals surface area contributed by atoms with Crippen molar-refractivity contribution in [2.45, 2.75) is 18.1 Å². The fraction of sp³-hybridized carbons (Fsp3) is 0.250. The zero-order valence-electron chi connectivity index (χ0n) is 10.3. The van der Waals surface area contributed by atoms with Crippen LogP contribution in [0.4, 0.5) is 0 Å². The molecule has 1 unspecified atom stereocenters. The summed E-state index contributed by atoms with van der Waals surface area (Å²) in [5, 5.41) is 9.39. The van der Waals surface area contributed by atoms with Gasteiger partial charge in [0.15, 0.2) is 0 Å². The summed E-state index contributed by atoms with van der Waals surface area (Å²) in [5.74, 6) is 0. The van der Waals surface area contributed by atoms with Crippen molar-refractivity contribution in [1.29, 1.82) is 0 Å². The van der Waals surface area contributed by atoms with Crippen molar-refractivity contribution >= 4 is 32.4 Å². The van der Waals surface area contributed by atoms with Crippen LogP contribution in [-0.2, 0) is 23.8 Å². The molecule has 0 saturated carbocycles. The van der Waals surface area contributed by atoms with E-state index in [0.717, 1.165) is 12.1 Å². The summed E-state index contributed by atoms with van der Waals surface area (Å²) < 4.78 is 19.0. The van der Waals surface area contributed by atoms with Crippen molar-refractivity contribution in [3.8, 4) is 0 Å². The van der Waals surface area contributed by atoms with Crippen LogP contribution in [0.5, 0.6) is 0 Å². The van der Waals surface area contributed by atoms with Crippen LogP contribution in [0.25, 0.3) is 10.1 Å². The van der Waals surface area contributed by atoms with E-state index in [-0.39, 0.29) is 0 Å². The maximum atomic E-state index is 11.5. The highest BCUT2D eigenvalue weighted by molar-refractivity contribution is 7.84. The van der Waals surface area contributed by atoms with Crippen LogP contribution >= 0.6 is 11.5 Å². The number of aromatic nitrogens is 4. The number of rotatable bonds is 4. The second-order valence-corrected chi connectivity index (χ2v) is 6.21. The second-order valence-electron chi connectivity index (χ2n) is 4.14. The van der Waals surface area contributed by atoms with Crippen molar-refractivity contribution in [2.75, 3.05) is 6.26 Å². The monoisotopic (exact) mass is 292 g/mol. The Morgan fingerprint density at radius 3 is 3.05 bits per heavy atom. The molecule has 0 aliphatic heterocycles. The standard InChI is InChI=1S/C12H12N4OS2/c1-19(17)12-14-13-8-16(12)7-6-10-9-4-2-3-5-11(9)18-15-10/h2-5,8H,6-7H2,1H3. The molecule has 0 spiro atoms. The molecule has 1 aromatic carbocycles. The highest BCUT2D eigenvalue weighted by atomic mass is 32.2. The Morgan fingerprint density at radius 2 is 2.21 bits per heavy atom. The molecule has 0 fully saturated rings. The molecular formula is C12H12N4OS2. The van der Waals surface area contributed by atoms with E-state index in [1.54, 1.807) is 12.6 Å². The van der Waals surface area contributed by atoms with Gasteiger partial charge in [0.05, 0.1) is 21.2 Å². The molecule has 0 bridgehead atoms. The van der Waals surface area contributed by atoms with Crippen LogP contribution < -0.4 is 0 Å². The molecule has 0 aliphatic carbocycles. The molecule has 2 aromatic heterocycles. The molecule has 0 saturated heterocycles. The Bertz CT molecular complexity index is 734. The van der Waals surface area contributed by atoms with Gasteiger partial charge < -0.3 is 4.57 Å². The van der Waals surface area contributed by atoms with E-state index in [1.807, 2.05) is 16.7 Å². The van der Waals surface area contributed by atoms with Gasteiger partial charge in [-0.25, -0.2) is 0 Å². The fourth-order valence-corrected chi connectivity index (χ4v) is 3.42. The van der Waals surface area contributed by atoms with Crippen LogP contribution in [0.3, 0.4) is 0 Å². The molecule has 7 heteroatoms. The molecule has 2 heterocycles. The fourth-order valence-electron chi connectivity index (χ4n) is 1.97. The number of fused-ring (bicyclic) bond motifs is 1. The Balaban J connectivity index is 1.83. The molecular weight excluding hydrogens is 280 g/mol. The molecule has 5 nitrogen and oxygen atoms in total. The topological polar surface area (TPSA) is 60.7 Å². The third-order valence-corrected chi connectivity index (χ3v) is 4.57. The average Bonchev–Trinajstić information content (AvgIpc) is 3.03. The van der Waals surface area contributed by atoms with Crippen molar-refractivity contribution in [2.24, 2.45) is 0 Å². The van der Waals surface area contributed by atoms with Crippen LogP contribution in [-0.4, -0.2) is 29.6 Å². The Kier molecular flexibility index (Phi) is 3.39. The molecule has 0 radical (unpaired) electrons. The first-order chi connectivity index (χ1) is 9.25. The number of hydrogen-bond donors (Lipinski definition) is 0. The van der Waals surface area contributed by atoms with Crippen molar-refractivity contribution < 1.29 is 4.21 Å². The van der Waals surface area contributed by atoms with E-state index < -0.39 is 10.8 Å². The van der Waals surface area contributed by atoms with Gasteiger partial charge in [-0.1, -0.05) is 18.2 Å². The Labute approximate surface area is 116 Å². The lowest BCUT2D eigenvalue weighted by atomic mass is 10.2. The van der Waals surface area contributed by atoms with Crippen LogP contribution in [0.2, 0.25) is 0 Å². The minimum absolute atomic E-state index is 0.513. The third kappa shape index (κ3) is 2.43. The van der Waals surface area contributed by atoms with Gasteiger partial charge in [0.25, 0.3) is 0 Å². The van der Waals surface area contributed by atoms with Gasteiger partial charge in [-0.15, -0.1) is 10.2 Å². The van der Waals surface area contributed by atoms with E-state index >= 15 is 0 Å². The summed E-state index contributed by atoms with van der Waals surface area (Å²) in [6, 6.07) is 8.19. The molecule has 19 heavy (non-hydrogen) atoms. The number of hydrogen-bond acceptors (Lipinski definition) is 5. The molecule has 98 valence electrons. The normalized spacial score (nSPS) is 12.9. The molecule has 0 aliphatic rings. The van der Waals surface area contributed by atoms with E-state index in [2.05, 4.69) is 26.7 Å². The maximum absolute atomic E-state index is 11.5. The average molecular weight is 292 g/mol. The molecule has 3 rings (SSSR count). The smallest absolute Gasteiger partial charge is 0.221 e. The minimum Gasteiger partial charge on any atom is -0.306 e. The van der Waals surface area contributed by atoms with Gasteiger partial charge in [-0.2, -0.15) is 4.37 Å².